The molecule has 0 heterocycles. The van der Waals surface area contributed by atoms with Gasteiger partial charge in [0.1, 0.15) is 5.75 Å². The fourth-order valence-electron chi connectivity index (χ4n) is 5.59. The third-order valence-electron chi connectivity index (χ3n) is 10.5. The molecule has 2 rings (SSSR count). The monoisotopic (exact) mass is 706 g/mol. The van der Waals surface area contributed by atoms with E-state index in [1.807, 2.05) is 19.1 Å². The molecule has 0 aromatic heterocycles. The van der Waals surface area contributed by atoms with Gasteiger partial charge >= 0.3 is 5.97 Å². The lowest BCUT2D eigenvalue weighted by Crippen LogP contribution is -2.45. The third kappa shape index (κ3) is 11.5. The van der Waals surface area contributed by atoms with Gasteiger partial charge in [-0.05, 0) is 79.5 Å². The van der Waals surface area contributed by atoms with E-state index in [1.165, 1.54) is 0 Å². The number of hydrogen-bond donors (Lipinski definition) is 1. The summed E-state index contributed by atoms with van der Waals surface area (Å²) in [4.78, 5) is 11.3. The van der Waals surface area contributed by atoms with Crippen LogP contribution in [0.15, 0.2) is 30.4 Å². The third-order valence-corrected chi connectivity index (χ3v) is 19.9. The summed E-state index contributed by atoms with van der Waals surface area (Å²) in [7, 11) is -2.64. The van der Waals surface area contributed by atoms with Crippen LogP contribution in [0.1, 0.15) is 98.1 Å². The van der Waals surface area contributed by atoms with E-state index in [2.05, 4.69) is 105 Å². The maximum Gasteiger partial charge on any atom is 0.303 e. The molecule has 47 heavy (non-hydrogen) atoms. The number of hydrogen-bond acceptors (Lipinski definition) is 5. The fourth-order valence-corrected chi connectivity index (χ4v) is 8.78. The van der Waals surface area contributed by atoms with Gasteiger partial charge in [-0.15, -0.1) is 23.4 Å². The zero-order valence-electron chi connectivity index (χ0n) is 31.5. The number of alkyl halides is 1. The Morgan fingerprint density at radius 2 is 1.74 bits per heavy atom. The van der Waals surface area contributed by atoms with E-state index in [0.717, 1.165) is 23.3 Å². The number of benzene rings is 1. The molecular formula is C38H63ClO6Si2. The molecule has 0 spiro atoms. The average molecular weight is 708 g/mol. The highest BCUT2D eigenvalue weighted by molar-refractivity contribution is 6.74. The Labute approximate surface area is 293 Å². The summed E-state index contributed by atoms with van der Waals surface area (Å²) in [5.74, 6) is 6.37. The second-order valence-corrected chi connectivity index (χ2v) is 26.3. The van der Waals surface area contributed by atoms with Gasteiger partial charge < -0.3 is 23.4 Å². The van der Waals surface area contributed by atoms with Crippen LogP contribution in [0.3, 0.4) is 0 Å². The molecule has 0 amide bonds. The number of aliphatic carboxylic acids is 1. The summed E-state index contributed by atoms with van der Waals surface area (Å²) in [5, 5.41) is 9.19. The van der Waals surface area contributed by atoms with Gasteiger partial charge in [-0.25, -0.2) is 0 Å². The normalized spacial score (nSPS) is 22.2. The Bertz CT molecular complexity index is 1250. The Morgan fingerprint density at radius 3 is 2.30 bits per heavy atom. The summed E-state index contributed by atoms with van der Waals surface area (Å²) in [6, 6.07) is 6.15. The van der Waals surface area contributed by atoms with E-state index in [4.69, 9.17) is 29.9 Å². The lowest BCUT2D eigenvalue weighted by atomic mass is 9.85. The first kappa shape index (κ1) is 41.6. The zero-order valence-corrected chi connectivity index (χ0v) is 34.2. The van der Waals surface area contributed by atoms with Crippen molar-refractivity contribution >= 4 is 34.2 Å². The second kappa shape index (κ2) is 17.4. The van der Waals surface area contributed by atoms with Crippen molar-refractivity contribution in [2.24, 2.45) is 11.8 Å². The molecule has 1 saturated carbocycles. The maximum absolute atomic E-state index is 11.3. The highest BCUT2D eigenvalue weighted by Gasteiger charge is 2.49. The molecule has 0 saturated heterocycles. The molecule has 1 aromatic rings. The molecular weight excluding hydrogens is 644 g/mol. The number of carbonyl (C=O) groups is 1. The smallest absolute Gasteiger partial charge is 0.303 e. The molecule has 1 N–H and O–H groups in total. The van der Waals surface area contributed by atoms with Gasteiger partial charge in [0.25, 0.3) is 0 Å². The Balaban J connectivity index is 2.71. The van der Waals surface area contributed by atoms with Crippen molar-refractivity contribution in [1.29, 1.82) is 0 Å². The number of methoxy groups -OCH3 is 1. The Hall–Kier alpha value is -1.61. The SMILES string of the molecule is CC#CCC(C)C(/C=C/C1C(O[Si](C)(C)C(C)(C)C)CC(Cl)C1c1cccc(CCCC(=O)O)c1OCOC)O[Si](C)(C)C(C)(C)C. The minimum absolute atomic E-state index is 0.0271. The predicted molar refractivity (Wildman–Crippen MR) is 201 cm³/mol. The van der Waals surface area contributed by atoms with Gasteiger partial charge in [0, 0.05) is 37.2 Å². The number of carboxylic acids is 1. The van der Waals surface area contributed by atoms with Gasteiger partial charge in [-0.2, -0.15) is 0 Å². The van der Waals surface area contributed by atoms with E-state index in [0.29, 0.717) is 19.3 Å². The predicted octanol–water partition coefficient (Wildman–Crippen LogP) is 10.2. The molecule has 6 unspecified atom stereocenters. The lowest BCUT2D eigenvalue weighted by Gasteiger charge is -2.41. The van der Waals surface area contributed by atoms with Gasteiger partial charge in [0.05, 0.1) is 12.2 Å². The van der Waals surface area contributed by atoms with E-state index < -0.39 is 22.6 Å². The van der Waals surface area contributed by atoms with E-state index >= 15 is 0 Å². The Morgan fingerprint density at radius 1 is 1.11 bits per heavy atom. The largest absolute Gasteiger partial charge is 0.481 e. The van der Waals surface area contributed by atoms with Crippen molar-refractivity contribution in [3.8, 4) is 17.6 Å². The molecule has 1 aromatic carbocycles. The van der Waals surface area contributed by atoms with Crippen molar-refractivity contribution in [3.63, 3.8) is 0 Å². The second-order valence-electron chi connectivity index (χ2n) is 16.2. The summed E-state index contributed by atoms with van der Waals surface area (Å²) >= 11 is 7.36. The van der Waals surface area contributed by atoms with Crippen molar-refractivity contribution < 1.29 is 28.2 Å². The standard InChI is InChI=1S/C38H63ClO6Si2/c1-14-15-18-27(2)32(44-46(10,11)37(3,4)5)24-23-29-33(45-47(12,13)38(6,7)8)25-31(39)35(29)30-21-16-19-28(20-17-22-34(40)41)36(30)43-26-42-9/h16,19,21,23-24,27,29,31-33,35H,17-18,20,22,25-26H2,1-13H3,(H,40,41)/b24-23+. The van der Waals surface area contributed by atoms with Gasteiger partial charge in [0.2, 0.25) is 0 Å². The first-order chi connectivity index (χ1) is 21.7. The van der Waals surface area contributed by atoms with Crippen LogP contribution in [0, 0.1) is 23.7 Å². The van der Waals surface area contributed by atoms with E-state index in [1.54, 1.807) is 7.11 Å². The van der Waals surface area contributed by atoms with Crippen LogP contribution in [-0.2, 0) is 24.8 Å². The molecule has 1 aliphatic carbocycles. The van der Waals surface area contributed by atoms with Crippen LogP contribution in [-0.4, -0.2) is 59.2 Å². The first-order valence-electron chi connectivity index (χ1n) is 17.2. The maximum atomic E-state index is 11.3. The van der Waals surface area contributed by atoms with Crippen LogP contribution in [0.5, 0.6) is 5.75 Å². The zero-order chi connectivity index (χ0) is 35.8. The summed E-state index contributed by atoms with van der Waals surface area (Å²) in [6.45, 7) is 27.0. The highest BCUT2D eigenvalue weighted by atomic mass is 35.5. The van der Waals surface area contributed by atoms with Crippen molar-refractivity contribution in [2.75, 3.05) is 13.9 Å². The quantitative estimate of drug-likeness (QED) is 0.0606. The molecule has 1 fully saturated rings. The van der Waals surface area contributed by atoms with Crippen LogP contribution in [0.2, 0.25) is 36.3 Å². The summed E-state index contributed by atoms with van der Waals surface area (Å²) < 4.78 is 25.9. The number of ether oxygens (including phenoxy) is 2. The molecule has 0 radical (unpaired) electrons. The van der Waals surface area contributed by atoms with E-state index in [9.17, 15) is 9.90 Å². The number of aryl methyl sites for hydroxylation is 1. The molecule has 0 aliphatic heterocycles. The number of halogens is 1. The van der Waals surface area contributed by atoms with Crippen LogP contribution >= 0.6 is 11.6 Å². The van der Waals surface area contributed by atoms with Gasteiger partial charge in [-0.3, -0.25) is 4.79 Å². The molecule has 0 bridgehead atoms. The lowest BCUT2D eigenvalue weighted by molar-refractivity contribution is -0.137. The van der Waals surface area contributed by atoms with E-state index in [-0.39, 0.29) is 58.6 Å². The van der Waals surface area contributed by atoms with Crippen LogP contribution in [0.25, 0.3) is 0 Å². The number of para-hydroxylation sites is 1. The molecule has 6 atom stereocenters. The number of carboxylic acid groups (broad SMARTS) is 1. The Kier molecular flexibility index (Phi) is 15.4. The summed E-state index contributed by atoms with van der Waals surface area (Å²) in [5.41, 5.74) is 1.98. The minimum Gasteiger partial charge on any atom is -0.481 e. The van der Waals surface area contributed by atoms with Crippen molar-refractivity contribution in [2.45, 2.75) is 147 Å². The van der Waals surface area contributed by atoms with Gasteiger partial charge in [-0.1, -0.05) is 78.8 Å². The first-order valence-corrected chi connectivity index (χ1v) is 23.4. The summed E-state index contributed by atoms with van der Waals surface area (Å²) in [6.07, 6.45) is 7.06. The van der Waals surface area contributed by atoms with Crippen molar-refractivity contribution in [1.82, 2.24) is 0 Å². The topological polar surface area (TPSA) is 74.2 Å². The molecule has 1 aliphatic rings. The molecule has 6 nitrogen and oxygen atoms in total. The fraction of sp³-hybridized carbons (Fsp3) is 0.711. The number of rotatable bonds is 16. The van der Waals surface area contributed by atoms with Gasteiger partial charge in [0.15, 0.2) is 23.4 Å². The van der Waals surface area contributed by atoms with Crippen molar-refractivity contribution in [3.05, 3.63) is 41.5 Å². The van der Waals surface area contributed by atoms with Crippen LogP contribution in [0.4, 0.5) is 0 Å². The average Bonchev–Trinajstić information content (AvgIpc) is 3.24. The minimum atomic E-state index is -2.15. The highest BCUT2D eigenvalue weighted by Crippen LogP contribution is 2.51. The molecule has 9 heteroatoms. The van der Waals surface area contributed by atoms with Crippen LogP contribution < -0.4 is 4.74 Å². The molecule has 266 valence electrons.